The summed E-state index contributed by atoms with van der Waals surface area (Å²) in [5, 5.41) is -0.135. The van der Waals surface area contributed by atoms with Crippen LogP contribution in [0.3, 0.4) is 0 Å². The van der Waals surface area contributed by atoms with Crippen molar-refractivity contribution >= 4 is 24.5 Å². The maximum Gasteiger partial charge on any atom is 0.336 e. The Morgan fingerprint density at radius 1 is 1.22 bits per heavy atom. The summed E-state index contributed by atoms with van der Waals surface area (Å²) >= 11 is 0. The molecule has 0 aromatic carbocycles. The van der Waals surface area contributed by atoms with Crippen LogP contribution in [0.4, 0.5) is 0 Å². The normalized spacial score (nSPS) is 20.6. The van der Waals surface area contributed by atoms with Crippen molar-refractivity contribution < 1.29 is 14.0 Å². The topological polar surface area (TPSA) is 35.5 Å². The van der Waals surface area contributed by atoms with Crippen LogP contribution in [-0.4, -0.2) is 29.8 Å². The van der Waals surface area contributed by atoms with Crippen LogP contribution in [0.2, 0.25) is 19.6 Å². The van der Waals surface area contributed by atoms with Gasteiger partial charge in [0, 0.05) is 0 Å². The Morgan fingerprint density at radius 2 is 1.78 bits per heavy atom. The minimum atomic E-state index is -1.61. The minimum absolute atomic E-state index is 0.135. The third kappa shape index (κ3) is 5.39. The molecule has 0 aliphatic heterocycles. The SMILES string of the molecule is CC(=CO[Si](C)(C)C)C(=O)OC1([SiH3])CCCCC1. The second kappa shape index (κ2) is 6.06. The molecule has 0 amide bonds. The molecule has 1 saturated carbocycles. The van der Waals surface area contributed by atoms with E-state index in [1.807, 2.05) is 0 Å². The maximum absolute atomic E-state index is 12.0. The molecule has 1 rings (SSSR count). The highest BCUT2D eigenvalue weighted by Crippen LogP contribution is 2.29. The Morgan fingerprint density at radius 3 is 2.28 bits per heavy atom. The molecule has 0 atom stereocenters. The van der Waals surface area contributed by atoms with E-state index in [1.165, 1.54) is 19.3 Å². The number of ether oxygens (including phenoxy) is 1. The molecule has 0 aromatic rings. The Kier molecular flexibility index (Phi) is 5.22. The molecule has 0 radical (unpaired) electrons. The highest BCUT2D eigenvalue weighted by atomic mass is 28.4. The van der Waals surface area contributed by atoms with Crippen molar-refractivity contribution in [3.05, 3.63) is 11.8 Å². The zero-order chi connectivity index (χ0) is 13.8. The van der Waals surface area contributed by atoms with Crippen molar-refractivity contribution in [2.24, 2.45) is 0 Å². The van der Waals surface area contributed by atoms with Crippen LogP contribution in [-0.2, 0) is 14.0 Å². The molecule has 1 aliphatic rings. The van der Waals surface area contributed by atoms with Gasteiger partial charge in [0.25, 0.3) is 0 Å². The molecule has 104 valence electrons. The van der Waals surface area contributed by atoms with Gasteiger partial charge in [0.2, 0.25) is 8.32 Å². The van der Waals surface area contributed by atoms with Gasteiger partial charge in [-0.25, -0.2) is 4.79 Å². The second-order valence-corrected chi connectivity index (χ2v) is 12.7. The number of rotatable bonds is 4. The van der Waals surface area contributed by atoms with E-state index in [0.717, 1.165) is 23.1 Å². The van der Waals surface area contributed by atoms with Crippen LogP contribution < -0.4 is 0 Å². The molecule has 0 unspecified atom stereocenters. The Balaban J connectivity index is 2.53. The van der Waals surface area contributed by atoms with E-state index in [1.54, 1.807) is 13.2 Å². The molecule has 0 saturated heterocycles. The van der Waals surface area contributed by atoms with Gasteiger partial charge in [0.05, 0.1) is 27.3 Å². The van der Waals surface area contributed by atoms with Crippen molar-refractivity contribution in [1.82, 2.24) is 0 Å². The fourth-order valence-electron chi connectivity index (χ4n) is 2.02. The first-order valence-electron chi connectivity index (χ1n) is 6.80. The molecule has 1 aliphatic carbocycles. The number of hydrogen-bond acceptors (Lipinski definition) is 3. The predicted molar refractivity (Wildman–Crippen MR) is 80.0 cm³/mol. The molecule has 3 nitrogen and oxygen atoms in total. The average molecular weight is 287 g/mol. The summed E-state index contributed by atoms with van der Waals surface area (Å²) in [6.45, 7) is 8.06. The van der Waals surface area contributed by atoms with Crippen molar-refractivity contribution in [2.75, 3.05) is 0 Å². The summed E-state index contributed by atoms with van der Waals surface area (Å²) in [5.74, 6) is -0.204. The Labute approximate surface area is 114 Å². The molecule has 0 aromatic heterocycles. The second-order valence-electron chi connectivity index (χ2n) is 6.43. The molecule has 18 heavy (non-hydrogen) atoms. The van der Waals surface area contributed by atoms with Crippen molar-refractivity contribution in [2.45, 2.75) is 63.9 Å². The van der Waals surface area contributed by atoms with E-state index >= 15 is 0 Å². The van der Waals surface area contributed by atoms with Gasteiger partial charge in [-0.2, -0.15) is 0 Å². The quantitative estimate of drug-likeness (QED) is 0.344. The zero-order valence-corrected chi connectivity index (χ0v) is 15.3. The van der Waals surface area contributed by atoms with Crippen LogP contribution in [0.25, 0.3) is 0 Å². The van der Waals surface area contributed by atoms with Gasteiger partial charge < -0.3 is 9.16 Å². The summed E-state index contributed by atoms with van der Waals surface area (Å²) in [7, 11) is -0.696. The molecule has 0 bridgehead atoms. The lowest BCUT2D eigenvalue weighted by Crippen LogP contribution is -2.38. The number of carbonyl (C=O) groups is 1. The highest BCUT2D eigenvalue weighted by molar-refractivity contribution is 6.69. The largest absolute Gasteiger partial charge is 0.549 e. The third-order valence-corrected chi connectivity index (χ3v) is 5.19. The molecule has 5 heteroatoms. The van der Waals surface area contributed by atoms with Gasteiger partial charge in [-0.1, -0.05) is 6.42 Å². The molecular formula is C13H26O3Si2. The lowest BCUT2D eigenvalue weighted by molar-refractivity contribution is -0.149. The van der Waals surface area contributed by atoms with Gasteiger partial charge in [-0.3, -0.25) is 0 Å². The van der Waals surface area contributed by atoms with E-state index in [0.29, 0.717) is 5.57 Å². The summed E-state index contributed by atoms with van der Waals surface area (Å²) in [6, 6.07) is 0. The van der Waals surface area contributed by atoms with Gasteiger partial charge in [0.15, 0.2) is 0 Å². The van der Waals surface area contributed by atoms with Gasteiger partial charge in [0.1, 0.15) is 0 Å². The first kappa shape index (κ1) is 15.5. The fourth-order valence-corrected chi connectivity index (χ4v) is 3.44. The molecule has 0 spiro atoms. The average Bonchev–Trinajstić information content (AvgIpc) is 2.25. The lowest BCUT2D eigenvalue weighted by Gasteiger charge is -2.33. The third-order valence-electron chi connectivity index (χ3n) is 3.16. The van der Waals surface area contributed by atoms with Crippen LogP contribution in [0.5, 0.6) is 0 Å². The molecule has 0 N–H and O–H groups in total. The zero-order valence-electron chi connectivity index (χ0n) is 12.3. The summed E-state index contributed by atoms with van der Waals surface area (Å²) in [4.78, 5) is 12.0. The smallest absolute Gasteiger partial charge is 0.336 e. The summed E-state index contributed by atoms with van der Waals surface area (Å²) in [6.07, 6.45) is 7.30. The lowest BCUT2D eigenvalue weighted by atomic mass is 9.97. The van der Waals surface area contributed by atoms with E-state index in [9.17, 15) is 4.79 Å². The number of esters is 1. The van der Waals surface area contributed by atoms with Gasteiger partial charge >= 0.3 is 5.97 Å². The van der Waals surface area contributed by atoms with E-state index in [-0.39, 0.29) is 11.2 Å². The van der Waals surface area contributed by atoms with Crippen LogP contribution in [0, 0.1) is 0 Å². The van der Waals surface area contributed by atoms with Crippen LogP contribution in [0.1, 0.15) is 39.0 Å². The first-order valence-corrected chi connectivity index (χ1v) is 11.2. The Bertz CT molecular complexity index is 326. The predicted octanol–water partition coefficient (Wildman–Crippen LogP) is 2.31. The maximum atomic E-state index is 12.0. The molecule has 1 fully saturated rings. The summed E-state index contributed by atoms with van der Waals surface area (Å²) in [5.41, 5.74) is 0.582. The van der Waals surface area contributed by atoms with Crippen molar-refractivity contribution in [3.63, 3.8) is 0 Å². The standard InChI is InChI=1S/C13H26O3Si2/c1-11(10-15-18(2,3)4)12(14)16-13(17)8-6-5-7-9-13/h10H,5-9H2,1-4,17H3. The number of carbonyl (C=O) groups excluding carboxylic acids is 1. The molecule has 0 heterocycles. The van der Waals surface area contributed by atoms with Gasteiger partial charge in [-0.15, -0.1) is 0 Å². The monoisotopic (exact) mass is 286 g/mol. The molecular weight excluding hydrogens is 260 g/mol. The fraction of sp³-hybridized carbons (Fsp3) is 0.769. The summed E-state index contributed by atoms with van der Waals surface area (Å²) < 4.78 is 11.3. The minimum Gasteiger partial charge on any atom is -0.549 e. The van der Waals surface area contributed by atoms with Gasteiger partial charge in [-0.05, 0) is 52.2 Å². The van der Waals surface area contributed by atoms with Crippen molar-refractivity contribution in [1.29, 1.82) is 0 Å². The Hall–Kier alpha value is -0.556. The van der Waals surface area contributed by atoms with Crippen molar-refractivity contribution in [3.8, 4) is 0 Å². The van der Waals surface area contributed by atoms with Crippen LogP contribution >= 0.6 is 0 Å². The van der Waals surface area contributed by atoms with E-state index < -0.39 is 8.32 Å². The van der Waals surface area contributed by atoms with E-state index in [4.69, 9.17) is 9.16 Å². The highest BCUT2D eigenvalue weighted by Gasteiger charge is 2.31. The van der Waals surface area contributed by atoms with Crippen LogP contribution in [0.15, 0.2) is 11.8 Å². The van der Waals surface area contributed by atoms with E-state index in [2.05, 4.69) is 19.6 Å². The number of hydrogen-bond donors (Lipinski definition) is 0. The first-order chi connectivity index (χ1) is 8.22.